The monoisotopic (exact) mass is 352 g/mol. The number of hydrogen-bond acceptors (Lipinski definition) is 4. The first-order valence-corrected chi connectivity index (χ1v) is 8.42. The summed E-state index contributed by atoms with van der Waals surface area (Å²) in [5.41, 5.74) is 0.960. The Hall–Kier alpha value is -1.99. The number of urea groups is 1. The third kappa shape index (κ3) is 3.91. The second-order valence-electron chi connectivity index (χ2n) is 6.12. The third-order valence-corrected chi connectivity index (χ3v) is 4.64. The number of benzene rings is 1. The number of nitrogens with zero attached hydrogens (tertiary/aromatic N) is 1. The van der Waals surface area contributed by atoms with Gasteiger partial charge < -0.3 is 25.6 Å². The zero-order valence-electron chi connectivity index (χ0n) is 13.5. The SMILES string of the molecule is CN1CCC[C@H]1CCNC(=O)Nc1cc(Cl)c2c(c1)NC(=O)CO2. The summed E-state index contributed by atoms with van der Waals surface area (Å²) < 4.78 is 5.28. The Kier molecular flexibility index (Phi) is 5.11. The molecule has 0 unspecified atom stereocenters. The fourth-order valence-corrected chi connectivity index (χ4v) is 3.37. The van der Waals surface area contributed by atoms with Crippen LogP contribution in [-0.2, 0) is 4.79 Å². The van der Waals surface area contributed by atoms with Crippen LogP contribution in [0.25, 0.3) is 0 Å². The Morgan fingerprint density at radius 3 is 3.08 bits per heavy atom. The normalized spacial score (nSPS) is 20.1. The van der Waals surface area contributed by atoms with Crippen LogP contribution in [0.2, 0.25) is 5.02 Å². The lowest BCUT2D eigenvalue weighted by Gasteiger charge is -2.21. The third-order valence-electron chi connectivity index (χ3n) is 4.36. The molecule has 1 atom stereocenters. The Morgan fingerprint density at radius 2 is 2.33 bits per heavy atom. The Morgan fingerprint density at radius 1 is 1.50 bits per heavy atom. The lowest BCUT2D eigenvalue weighted by atomic mass is 10.1. The molecule has 3 rings (SSSR count). The minimum Gasteiger partial charge on any atom is -0.480 e. The maximum absolute atomic E-state index is 12.0. The van der Waals surface area contributed by atoms with Gasteiger partial charge in [0.2, 0.25) is 0 Å². The molecule has 8 heteroatoms. The van der Waals surface area contributed by atoms with Crippen molar-refractivity contribution >= 4 is 34.9 Å². The zero-order valence-corrected chi connectivity index (χ0v) is 14.3. The summed E-state index contributed by atoms with van der Waals surface area (Å²) in [5, 5.41) is 8.59. The standard InChI is InChI=1S/C16H21ClN4O3/c1-21-6-2-3-11(21)4-5-18-16(23)19-10-7-12(17)15-13(8-10)20-14(22)9-24-15/h7-8,11H,2-6,9H2,1H3,(H,20,22)(H2,18,19,23)/t11-/m0/s1. The summed E-state index contributed by atoms with van der Waals surface area (Å²) in [6.07, 6.45) is 3.33. The van der Waals surface area contributed by atoms with E-state index in [1.165, 1.54) is 12.8 Å². The summed E-state index contributed by atoms with van der Waals surface area (Å²) in [6, 6.07) is 3.47. The quantitative estimate of drug-likeness (QED) is 0.776. The lowest BCUT2D eigenvalue weighted by Crippen LogP contribution is -2.34. The average molecular weight is 353 g/mol. The minimum absolute atomic E-state index is 0.0599. The van der Waals surface area contributed by atoms with Gasteiger partial charge in [-0.2, -0.15) is 0 Å². The number of nitrogens with one attached hydrogen (secondary N) is 3. The van der Waals surface area contributed by atoms with Crippen LogP contribution in [0.3, 0.4) is 0 Å². The van der Waals surface area contributed by atoms with Gasteiger partial charge in [-0.25, -0.2) is 4.79 Å². The Balaban J connectivity index is 1.53. The van der Waals surface area contributed by atoms with Crippen LogP contribution in [0.5, 0.6) is 5.75 Å². The molecule has 2 aliphatic rings. The molecular formula is C16H21ClN4O3. The van der Waals surface area contributed by atoms with Crippen molar-refractivity contribution in [2.45, 2.75) is 25.3 Å². The molecule has 3 amide bonds. The molecule has 3 N–H and O–H groups in total. The first kappa shape index (κ1) is 16.9. The number of ether oxygens (including phenoxy) is 1. The van der Waals surface area contributed by atoms with Gasteiger partial charge in [-0.3, -0.25) is 4.79 Å². The fourth-order valence-electron chi connectivity index (χ4n) is 3.10. The van der Waals surface area contributed by atoms with Crippen LogP contribution >= 0.6 is 11.6 Å². The summed E-state index contributed by atoms with van der Waals surface area (Å²) in [4.78, 5) is 25.7. The van der Waals surface area contributed by atoms with Crippen molar-refractivity contribution in [1.29, 1.82) is 0 Å². The van der Waals surface area contributed by atoms with Gasteiger partial charge in [-0.05, 0) is 45.0 Å². The van der Waals surface area contributed by atoms with Crippen LogP contribution in [0.4, 0.5) is 16.2 Å². The van der Waals surface area contributed by atoms with E-state index in [-0.39, 0.29) is 18.5 Å². The second-order valence-corrected chi connectivity index (χ2v) is 6.53. The van der Waals surface area contributed by atoms with Gasteiger partial charge in [-0.15, -0.1) is 0 Å². The predicted molar refractivity (Wildman–Crippen MR) is 92.9 cm³/mol. The molecule has 0 saturated carbocycles. The number of rotatable bonds is 4. The first-order chi connectivity index (χ1) is 11.5. The van der Waals surface area contributed by atoms with Gasteiger partial charge in [0.15, 0.2) is 12.4 Å². The molecular weight excluding hydrogens is 332 g/mol. The summed E-state index contributed by atoms with van der Waals surface area (Å²) >= 11 is 6.13. The summed E-state index contributed by atoms with van der Waals surface area (Å²) in [5.74, 6) is 0.173. The van der Waals surface area contributed by atoms with E-state index in [9.17, 15) is 9.59 Å². The highest BCUT2D eigenvalue weighted by Gasteiger charge is 2.21. The molecule has 0 radical (unpaired) electrons. The van der Waals surface area contributed by atoms with E-state index < -0.39 is 0 Å². The van der Waals surface area contributed by atoms with E-state index in [0.717, 1.165) is 13.0 Å². The molecule has 1 saturated heterocycles. The van der Waals surface area contributed by atoms with Gasteiger partial charge in [0, 0.05) is 18.3 Å². The highest BCUT2D eigenvalue weighted by Crippen LogP contribution is 2.38. The minimum atomic E-state index is -0.297. The van der Waals surface area contributed by atoms with Gasteiger partial charge in [-0.1, -0.05) is 11.6 Å². The van der Waals surface area contributed by atoms with Crippen molar-refractivity contribution in [1.82, 2.24) is 10.2 Å². The number of carbonyl (C=O) groups is 2. The molecule has 0 aliphatic carbocycles. The molecule has 2 aliphatic heterocycles. The maximum atomic E-state index is 12.0. The van der Waals surface area contributed by atoms with Crippen molar-refractivity contribution in [3.8, 4) is 5.75 Å². The van der Waals surface area contributed by atoms with E-state index in [4.69, 9.17) is 16.3 Å². The molecule has 0 aromatic heterocycles. The molecule has 7 nitrogen and oxygen atoms in total. The number of anilines is 2. The Labute approximate surface area is 145 Å². The smallest absolute Gasteiger partial charge is 0.319 e. The number of carbonyl (C=O) groups excluding carboxylic acids is 2. The lowest BCUT2D eigenvalue weighted by molar-refractivity contribution is -0.118. The van der Waals surface area contributed by atoms with Crippen LogP contribution in [0, 0.1) is 0 Å². The zero-order chi connectivity index (χ0) is 17.1. The van der Waals surface area contributed by atoms with Crippen LogP contribution < -0.4 is 20.7 Å². The van der Waals surface area contributed by atoms with Gasteiger partial charge in [0.05, 0.1) is 10.7 Å². The number of halogens is 1. The van der Waals surface area contributed by atoms with Gasteiger partial charge in [0.25, 0.3) is 5.91 Å². The molecule has 2 heterocycles. The van der Waals surface area contributed by atoms with Crippen molar-refractivity contribution in [3.63, 3.8) is 0 Å². The van der Waals surface area contributed by atoms with E-state index in [1.54, 1.807) is 12.1 Å². The van der Waals surface area contributed by atoms with Crippen molar-refractivity contribution in [2.24, 2.45) is 0 Å². The highest BCUT2D eigenvalue weighted by molar-refractivity contribution is 6.33. The number of amides is 3. The molecule has 24 heavy (non-hydrogen) atoms. The highest BCUT2D eigenvalue weighted by atomic mass is 35.5. The van der Waals surface area contributed by atoms with E-state index in [0.29, 0.717) is 34.7 Å². The predicted octanol–water partition coefficient (Wildman–Crippen LogP) is 2.28. The van der Waals surface area contributed by atoms with Crippen LogP contribution in [-0.4, -0.2) is 49.6 Å². The topological polar surface area (TPSA) is 82.7 Å². The fraction of sp³-hybridized carbons (Fsp3) is 0.500. The van der Waals surface area contributed by atoms with Crippen LogP contribution in [0.15, 0.2) is 12.1 Å². The first-order valence-electron chi connectivity index (χ1n) is 8.04. The van der Waals surface area contributed by atoms with Gasteiger partial charge >= 0.3 is 6.03 Å². The van der Waals surface area contributed by atoms with Crippen molar-refractivity contribution in [2.75, 3.05) is 37.4 Å². The number of fused-ring (bicyclic) bond motifs is 1. The molecule has 1 aromatic rings. The second kappa shape index (κ2) is 7.27. The largest absolute Gasteiger partial charge is 0.480 e. The molecule has 1 aromatic carbocycles. The van der Waals surface area contributed by atoms with Crippen molar-refractivity contribution < 1.29 is 14.3 Å². The number of likely N-dealkylation sites (tertiary alicyclic amines) is 1. The van der Waals surface area contributed by atoms with E-state index in [2.05, 4.69) is 27.9 Å². The molecule has 0 bridgehead atoms. The maximum Gasteiger partial charge on any atom is 0.319 e. The van der Waals surface area contributed by atoms with Gasteiger partial charge in [0.1, 0.15) is 0 Å². The molecule has 1 fully saturated rings. The number of hydrogen-bond donors (Lipinski definition) is 3. The molecule has 130 valence electrons. The average Bonchev–Trinajstić information content (AvgIpc) is 2.92. The Bertz CT molecular complexity index is 652. The van der Waals surface area contributed by atoms with E-state index >= 15 is 0 Å². The molecule has 0 spiro atoms. The summed E-state index contributed by atoms with van der Waals surface area (Å²) in [6.45, 7) is 1.67. The van der Waals surface area contributed by atoms with E-state index in [1.807, 2.05) is 0 Å². The van der Waals surface area contributed by atoms with Crippen molar-refractivity contribution in [3.05, 3.63) is 17.2 Å². The summed E-state index contributed by atoms with van der Waals surface area (Å²) in [7, 11) is 2.11. The van der Waals surface area contributed by atoms with Crippen LogP contribution in [0.1, 0.15) is 19.3 Å².